The van der Waals surface area contributed by atoms with Gasteiger partial charge in [0.05, 0.1) is 7.11 Å². The van der Waals surface area contributed by atoms with Crippen LogP contribution < -0.4 is 10.1 Å². The highest BCUT2D eigenvalue weighted by Gasteiger charge is 2.52. The monoisotopic (exact) mass is 451 g/mol. The Hall–Kier alpha value is -2.09. The summed E-state index contributed by atoms with van der Waals surface area (Å²) in [6, 6.07) is 5.10. The van der Waals surface area contributed by atoms with Crippen LogP contribution in [0.25, 0.3) is 0 Å². The third-order valence-corrected chi connectivity index (χ3v) is 6.24. The summed E-state index contributed by atoms with van der Waals surface area (Å²) < 4.78 is 6.23. The minimum atomic E-state index is -0.823. The number of halogens is 1. The Labute approximate surface area is 173 Å². The van der Waals surface area contributed by atoms with Crippen LogP contribution in [0.4, 0.5) is 4.79 Å². The predicted octanol–water partition coefficient (Wildman–Crippen LogP) is 2.92. The van der Waals surface area contributed by atoms with E-state index < -0.39 is 11.6 Å². The van der Waals surface area contributed by atoms with Crippen molar-refractivity contribution in [1.82, 2.24) is 15.1 Å². The summed E-state index contributed by atoms with van der Waals surface area (Å²) >= 11 is 3.42. The Kier molecular flexibility index (Phi) is 5.98. The molecule has 0 bridgehead atoms. The van der Waals surface area contributed by atoms with E-state index in [1.165, 1.54) is 4.90 Å². The first kappa shape index (κ1) is 20.6. The Morgan fingerprint density at radius 3 is 2.68 bits per heavy atom. The van der Waals surface area contributed by atoms with E-state index in [2.05, 4.69) is 28.2 Å². The number of rotatable bonds is 5. The lowest BCUT2D eigenvalue weighted by Crippen LogP contribution is -2.50. The van der Waals surface area contributed by atoms with E-state index in [0.717, 1.165) is 27.8 Å². The number of nitrogens with zero attached hydrogens (tertiary/aromatic N) is 2. The van der Waals surface area contributed by atoms with Gasteiger partial charge >= 0.3 is 6.03 Å². The van der Waals surface area contributed by atoms with Crippen LogP contribution in [0.15, 0.2) is 22.7 Å². The van der Waals surface area contributed by atoms with Gasteiger partial charge in [0.25, 0.3) is 5.91 Å². The molecule has 4 amide bonds. The summed E-state index contributed by atoms with van der Waals surface area (Å²) in [4.78, 5) is 40.6. The number of amides is 4. The predicted molar refractivity (Wildman–Crippen MR) is 108 cm³/mol. The standard InChI is InChI=1S/C20H26BrN3O4/c1-13-6-8-20(9-7-13)18(26)24(19(27)22-20)12-17(25)23(2)11-14-10-15(21)4-5-16(14)28-3/h4-5,10,13H,6-9,11-12H2,1-3H3,(H,22,27). The third-order valence-electron chi connectivity index (χ3n) is 5.74. The quantitative estimate of drug-likeness (QED) is 0.697. The number of carbonyl (C=O) groups is 3. The Balaban J connectivity index is 1.66. The Morgan fingerprint density at radius 1 is 1.36 bits per heavy atom. The van der Waals surface area contributed by atoms with Crippen LogP contribution in [0, 0.1) is 5.92 Å². The summed E-state index contributed by atoms with van der Waals surface area (Å²) in [7, 11) is 3.23. The molecule has 0 aromatic heterocycles. The minimum absolute atomic E-state index is 0.255. The van der Waals surface area contributed by atoms with Crippen LogP contribution in [-0.2, 0) is 16.1 Å². The molecular weight excluding hydrogens is 426 g/mol. The molecule has 1 aliphatic heterocycles. The first-order chi connectivity index (χ1) is 13.3. The van der Waals surface area contributed by atoms with Gasteiger partial charge in [0.2, 0.25) is 5.91 Å². The maximum atomic E-state index is 12.9. The fourth-order valence-electron chi connectivity index (χ4n) is 3.88. The van der Waals surface area contributed by atoms with Gasteiger partial charge in [0, 0.05) is 23.6 Å². The van der Waals surface area contributed by atoms with Gasteiger partial charge in [-0.05, 0) is 49.8 Å². The maximum absolute atomic E-state index is 12.9. The van der Waals surface area contributed by atoms with Crippen LogP contribution in [0.1, 0.15) is 38.2 Å². The van der Waals surface area contributed by atoms with Crippen LogP contribution >= 0.6 is 15.9 Å². The van der Waals surface area contributed by atoms with Crippen molar-refractivity contribution in [2.75, 3.05) is 20.7 Å². The normalized spacial score (nSPS) is 24.4. The van der Waals surface area contributed by atoms with E-state index in [0.29, 0.717) is 31.1 Å². The smallest absolute Gasteiger partial charge is 0.325 e. The van der Waals surface area contributed by atoms with E-state index in [-0.39, 0.29) is 18.4 Å². The summed E-state index contributed by atoms with van der Waals surface area (Å²) in [5.74, 6) is 0.656. The number of likely N-dealkylation sites (N-methyl/N-ethyl adjacent to an activating group) is 1. The minimum Gasteiger partial charge on any atom is -0.496 e. The molecule has 2 fully saturated rings. The number of methoxy groups -OCH3 is 1. The van der Waals surface area contributed by atoms with E-state index in [1.807, 2.05) is 18.2 Å². The van der Waals surface area contributed by atoms with E-state index in [4.69, 9.17) is 4.74 Å². The molecule has 1 N–H and O–H groups in total. The van der Waals surface area contributed by atoms with Crippen molar-refractivity contribution < 1.29 is 19.1 Å². The van der Waals surface area contributed by atoms with Gasteiger partial charge in [-0.15, -0.1) is 0 Å². The molecule has 0 radical (unpaired) electrons. The van der Waals surface area contributed by atoms with E-state index >= 15 is 0 Å². The molecule has 1 spiro atoms. The number of nitrogens with one attached hydrogen (secondary N) is 1. The third kappa shape index (κ3) is 4.01. The average molecular weight is 452 g/mol. The number of hydrogen-bond donors (Lipinski definition) is 1. The molecule has 2 aliphatic rings. The number of urea groups is 1. The highest BCUT2D eigenvalue weighted by atomic mass is 79.9. The summed E-state index contributed by atoms with van der Waals surface area (Å²) in [5, 5.41) is 2.85. The van der Waals surface area contributed by atoms with Crippen LogP contribution in [0.2, 0.25) is 0 Å². The topological polar surface area (TPSA) is 79.0 Å². The zero-order chi connectivity index (χ0) is 20.5. The largest absolute Gasteiger partial charge is 0.496 e. The first-order valence-electron chi connectivity index (χ1n) is 9.46. The number of benzene rings is 1. The molecule has 28 heavy (non-hydrogen) atoms. The van der Waals surface area contributed by atoms with Gasteiger partial charge in [-0.3, -0.25) is 14.5 Å². The zero-order valence-corrected chi connectivity index (χ0v) is 18.0. The Morgan fingerprint density at radius 2 is 2.04 bits per heavy atom. The van der Waals surface area contributed by atoms with E-state index in [9.17, 15) is 14.4 Å². The average Bonchev–Trinajstić information content (AvgIpc) is 2.88. The molecule has 3 rings (SSSR count). The fraction of sp³-hybridized carbons (Fsp3) is 0.550. The molecule has 1 aromatic rings. The lowest BCUT2D eigenvalue weighted by molar-refractivity contribution is -0.139. The Bertz CT molecular complexity index is 790. The number of carbonyl (C=O) groups excluding carboxylic acids is 3. The second kappa shape index (κ2) is 8.11. The van der Waals surface area contributed by atoms with Crippen molar-refractivity contribution in [3.63, 3.8) is 0 Å². The van der Waals surface area contributed by atoms with Crippen molar-refractivity contribution in [2.45, 2.75) is 44.7 Å². The van der Waals surface area contributed by atoms with Crippen molar-refractivity contribution in [2.24, 2.45) is 5.92 Å². The van der Waals surface area contributed by atoms with Crippen molar-refractivity contribution in [3.05, 3.63) is 28.2 Å². The van der Waals surface area contributed by atoms with Gasteiger partial charge in [0.15, 0.2) is 0 Å². The molecule has 1 saturated heterocycles. The first-order valence-corrected chi connectivity index (χ1v) is 10.3. The van der Waals surface area contributed by atoms with Crippen LogP contribution in [0.3, 0.4) is 0 Å². The maximum Gasteiger partial charge on any atom is 0.325 e. The second-order valence-electron chi connectivity index (χ2n) is 7.79. The summed E-state index contributed by atoms with van der Waals surface area (Å²) in [6.45, 7) is 2.21. The van der Waals surface area contributed by atoms with Gasteiger partial charge < -0.3 is 15.0 Å². The number of ether oxygens (including phenoxy) is 1. The molecule has 1 aliphatic carbocycles. The lowest BCUT2D eigenvalue weighted by atomic mass is 9.77. The van der Waals surface area contributed by atoms with Crippen LogP contribution in [0.5, 0.6) is 5.75 Å². The molecule has 152 valence electrons. The van der Waals surface area contributed by atoms with Gasteiger partial charge in [-0.2, -0.15) is 0 Å². The molecule has 1 saturated carbocycles. The fourth-order valence-corrected chi connectivity index (χ4v) is 4.29. The van der Waals surface area contributed by atoms with Gasteiger partial charge in [-0.25, -0.2) is 4.79 Å². The van der Waals surface area contributed by atoms with Crippen molar-refractivity contribution in [1.29, 1.82) is 0 Å². The molecule has 8 heteroatoms. The van der Waals surface area contributed by atoms with Gasteiger partial charge in [-0.1, -0.05) is 22.9 Å². The molecule has 1 heterocycles. The molecule has 7 nitrogen and oxygen atoms in total. The highest BCUT2D eigenvalue weighted by Crippen LogP contribution is 2.36. The second-order valence-corrected chi connectivity index (χ2v) is 8.71. The summed E-state index contributed by atoms with van der Waals surface area (Å²) in [5.41, 5.74) is 0.0123. The number of imide groups is 1. The molecular formula is C20H26BrN3O4. The van der Waals surface area contributed by atoms with Crippen LogP contribution in [-0.4, -0.2) is 53.9 Å². The lowest BCUT2D eigenvalue weighted by Gasteiger charge is -2.33. The molecule has 0 atom stereocenters. The highest BCUT2D eigenvalue weighted by molar-refractivity contribution is 9.10. The number of hydrogen-bond acceptors (Lipinski definition) is 4. The van der Waals surface area contributed by atoms with Crippen molar-refractivity contribution in [3.8, 4) is 5.75 Å². The molecule has 1 aromatic carbocycles. The zero-order valence-electron chi connectivity index (χ0n) is 16.5. The van der Waals surface area contributed by atoms with Crippen molar-refractivity contribution >= 4 is 33.8 Å². The van der Waals surface area contributed by atoms with Gasteiger partial charge in [0.1, 0.15) is 17.8 Å². The molecule has 0 unspecified atom stereocenters. The van der Waals surface area contributed by atoms with E-state index in [1.54, 1.807) is 14.2 Å². The SMILES string of the molecule is COc1ccc(Br)cc1CN(C)C(=O)CN1C(=O)NC2(CCC(C)CC2)C1=O. The summed E-state index contributed by atoms with van der Waals surface area (Å²) in [6.07, 6.45) is 3.07.